The molecule has 3 aromatic carbocycles. The molecule has 0 amide bonds. The minimum atomic E-state index is -3.84. The predicted octanol–water partition coefficient (Wildman–Crippen LogP) is 14.0. The van der Waals surface area contributed by atoms with Gasteiger partial charge in [-0.05, 0) is 118 Å². The third-order valence-corrected chi connectivity index (χ3v) is 17.1. The van der Waals surface area contributed by atoms with Gasteiger partial charge in [0.1, 0.15) is 15.9 Å². The summed E-state index contributed by atoms with van der Waals surface area (Å²) in [5.41, 5.74) is 1.52. The van der Waals surface area contributed by atoms with Gasteiger partial charge < -0.3 is 50.4 Å². The van der Waals surface area contributed by atoms with Crippen LogP contribution >= 0.6 is 31.9 Å². The van der Waals surface area contributed by atoms with Crippen molar-refractivity contribution in [1.29, 1.82) is 0 Å². The molecule has 0 aliphatic heterocycles. The van der Waals surface area contributed by atoms with Crippen molar-refractivity contribution in [2.75, 3.05) is 47.8 Å². The van der Waals surface area contributed by atoms with Gasteiger partial charge in [0.15, 0.2) is 11.5 Å². The average molecular weight is 917 g/mol. The number of rotatable bonds is 25. The zero-order chi connectivity index (χ0) is 45.0. The van der Waals surface area contributed by atoms with E-state index in [0.29, 0.717) is 46.1 Å². The molecule has 17 heteroatoms. The summed E-state index contributed by atoms with van der Waals surface area (Å²) in [6.45, 7) is 23.6. The summed E-state index contributed by atoms with van der Waals surface area (Å²) in [7, 11) is -6.11. The van der Waals surface area contributed by atoms with E-state index < -0.39 is 31.9 Å². The quantitative estimate of drug-likeness (QED) is 0.0747. The van der Waals surface area contributed by atoms with Gasteiger partial charge in [-0.15, -0.1) is 0 Å². The van der Waals surface area contributed by atoms with E-state index in [-0.39, 0.29) is 37.6 Å². The molecule has 0 aliphatic carbocycles. The molecule has 0 atom stereocenters. The molecule has 0 radical (unpaired) electrons. The molecule has 3 rings (SSSR count). The summed E-state index contributed by atoms with van der Waals surface area (Å²) < 4.78 is 91.2. The summed E-state index contributed by atoms with van der Waals surface area (Å²) in [5.74, 6) is 1.49. The van der Waals surface area contributed by atoms with Crippen molar-refractivity contribution < 1.29 is 59.5 Å². The van der Waals surface area contributed by atoms with Crippen LogP contribution in [-0.2, 0) is 45.3 Å². The standard InChI is InChI=1S/C23H40O8P2.C20H28O5P2/c1-15(2)28-32(29-16(3)4)23(33(24,30-17(5)6)31-18(7)8)13-19-12-21(26-10)22(27-11)14-20(19)25-9;1-5-22-26(23-6-2)20(27(21,24-7-3)25-8-4)16-18-14-11-13-17-12-9-10-15-19(17)18/h12-18H,1-11H3;9-16H,5-8H2,1-4H3/b23-13+;20-16+. The van der Waals surface area contributed by atoms with E-state index >= 15 is 0 Å². The second-order valence-electron chi connectivity index (χ2n) is 13.8. The molecule has 0 bridgehead atoms. The zero-order valence-electron chi connectivity index (χ0n) is 38.1. The molecule has 0 aromatic heterocycles. The largest absolute Gasteiger partial charge is 0.496 e. The van der Waals surface area contributed by atoms with Crippen LogP contribution in [0.1, 0.15) is 94.2 Å². The smallest absolute Gasteiger partial charge is 0.366 e. The van der Waals surface area contributed by atoms with Crippen molar-refractivity contribution in [3.63, 3.8) is 0 Å². The lowest BCUT2D eigenvalue weighted by atomic mass is 10.1. The molecular weight excluding hydrogens is 848 g/mol. The van der Waals surface area contributed by atoms with Gasteiger partial charge in [-0.25, -0.2) is 0 Å². The maximum atomic E-state index is 14.3. The first kappa shape index (κ1) is 53.9. The van der Waals surface area contributed by atoms with Crippen molar-refractivity contribution in [3.05, 3.63) is 75.8 Å². The Bertz CT molecular complexity index is 1850. The minimum absolute atomic E-state index is 0.183. The van der Waals surface area contributed by atoms with E-state index in [1.54, 1.807) is 81.1 Å². The molecule has 0 aliphatic rings. The molecule has 0 unspecified atom stereocenters. The molecule has 13 nitrogen and oxygen atoms in total. The summed E-state index contributed by atoms with van der Waals surface area (Å²) >= 11 is 0. The second-order valence-corrected chi connectivity index (χ2v) is 21.3. The van der Waals surface area contributed by atoms with Crippen LogP contribution in [-0.4, -0.2) is 72.2 Å². The Morgan fingerprint density at radius 1 is 0.550 bits per heavy atom. The highest BCUT2D eigenvalue weighted by Gasteiger charge is 2.41. The highest BCUT2D eigenvalue weighted by atomic mass is 31.2. The van der Waals surface area contributed by atoms with Crippen LogP contribution in [0.15, 0.2) is 64.7 Å². The number of fused-ring (bicyclic) bond motifs is 1. The summed E-state index contributed by atoms with van der Waals surface area (Å²) in [5, 5.41) is 2.90. The Hall–Kier alpha value is -2.20. The highest BCUT2D eigenvalue weighted by Crippen LogP contribution is 2.72. The minimum Gasteiger partial charge on any atom is -0.496 e. The lowest BCUT2D eigenvalue weighted by molar-refractivity contribution is 0.146. The number of hydrogen-bond acceptors (Lipinski definition) is 13. The number of methoxy groups -OCH3 is 3. The van der Waals surface area contributed by atoms with Crippen LogP contribution in [0, 0.1) is 0 Å². The maximum Gasteiger partial charge on any atom is 0.366 e. The van der Waals surface area contributed by atoms with E-state index in [1.807, 2.05) is 90.1 Å². The van der Waals surface area contributed by atoms with Gasteiger partial charge in [-0.3, -0.25) is 9.13 Å². The second kappa shape index (κ2) is 27.1. The molecule has 338 valence electrons. The van der Waals surface area contributed by atoms with Crippen LogP contribution in [0.2, 0.25) is 0 Å². The van der Waals surface area contributed by atoms with E-state index in [1.165, 1.54) is 0 Å². The Balaban J connectivity index is 0.000000421. The van der Waals surface area contributed by atoms with Crippen LogP contribution in [0.4, 0.5) is 0 Å². The van der Waals surface area contributed by atoms with Crippen molar-refractivity contribution >= 4 is 54.9 Å². The lowest BCUT2D eigenvalue weighted by Crippen LogP contribution is -2.12. The predicted molar refractivity (Wildman–Crippen MR) is 246 cm³/mol. The first-order chi connectivity index (χ1) is 28.4. The van der Waals surface area contributed by atoms with Gasteiger partial charge >= 0.3 is 15.2 Å². The fourth-order valence-corrected chi connectivity index (χ4v) is 13.6. The van der Waals surface area contributed by atoms with Gasteiger partial charge in [0.05, 0.1) is 72.2 Å². The number of benzene rings is 3. The monoisotopic (exact) mass is 916 g/mol. The van der Waals surface area contributed by atoms with Crippen LogP contribution in [0.3, 0.4) is 0 Å². The Morgan fingerprint density at radius 3 is 1.48 bits per heavy atom. The fourth-order valence-electron chi connectivity index (χ4n) is 5.40. The molecule has 0 saturated heterocycles. The van der Waals surface area contributed by atoms with E-state index in [2.05, 4.69) is 0 Å². The topological polar surface area (TPSA) is 136 Å². The molecule has 60 heavy (non-hydrogen) atoms. The van der Waals surface area contributed by atoms with E-state index in [4.69, 9.17) is 50.4 Å². The molecule has 0 heterocycles. The number of ether oxygens (including phenoxy) is 3. The molecule has 0 N–H and O–H groups in total. The Kier molecular flexibility index (Phi) is 24.4. The molecule has 3 aromatic rings. The maximum absolute atomic E-state index is 14.3. The van der Waals surface area contributed by atoms with E-state index in [0.717, 1.165) is 16.3 Å². The van der Waals surface area contributed by atoms with Crippen LogP contribution < -0.4 is 14.2 Å². The van der Waals surface area contributed by atoms with Crippen LogP contribution in [0.5, 0.6) is 17.2 Å². The molecule has 0 fully saturated rings. The first-order valence-corrected chi connectivity index (χ1v) is 25.7. The van der Waals surface area contributed by atoms with Crippen molar-refractivity contribution in [1.82, 2.24) is 0 Å². The average Bonchev–Trinajstić information content (AvgIpc) is 3.17. The van der Waals surface area contributed by atoms with Gasteiger partial charge in [0.2, 0.25) is 16.8 Å². The summed E-state index contributed by atoms with van der Waals surface area (Å²) in [6, 6.07) is 17.5. The molecular formula is C43H68O13P4. The Morgan fingerprint density at radius 2 is 1.02 bits per heavy atom. The van der Waals surface area contributed by atoms with Gasteiger partial charge in [0, 0.05) is 11.6 Å². The highest BCUT2D eigenvalue weighted by molar-refractivity contribution is 7.77. The normalized spacial score (nSPS) is 12.9. The van der Waals surface area contributed by atoms with Gasteiger partial charge in [-0.1, -0.05) is 42.5 Å². The van der Waals surface area contributed by atoms with E-state index in [9.17, 15) is 9.13 Å². The zero-order valence-corrected chi connectivity index (χ0v) is 41.7. The third-order valence-electron chi connectivity index (χ3n) is 7.47. The van der Waals surface area contributed by atoms with Crippen molar-refractivity contribution in [2.45, 2.75) is 108 Å². The summed E-state index contributed by atoms with van der Waals surface area (Å²) in [6.07, 6.45) is 2.46. The van der Waals surface area contributed by atoms with Gasteiger partial charge in [-0.2, -0.15) is 0 Å². The van der Waals surface area contributed by atoms with Crippen LogP contribution in [0.25, 0.3) is 22.9 Å². The first-order valence-electron chi connectivity index (χ1n) is 20.2. The van der Waals surface area contributed by atoms with Gasteiger partial charge in [0.25, 0.3) is 0 Å². The number of hydrogen-bond donors (Lipinski definition) is 0. The third kappa shape index (κ3) is 16.5. The van der Waals surface area contributed by atoms with Crippen molar-refractivity contribution in [3.8, 4) is 17.2 Å². The SMILES string of the molecule is CCOP(OCC)/C(=C\c1cccc2ccccc12)P(=O)(OCC)OCC.COc1cc(OC)c(OC)cc1/C=C(\P(OC(C)C)OC(C)C)P(=O)(OC(C)C)OC(C)C. The molecule has 0 saturated carbocycles. The lowest BCUT2D eigenvalue weighted by Gasteiger charge is -2.30. The summed E-state index contributed by atoms with van der Waals surface area (Å²) in [4.78, 5) is 0. The van der Waals surface area contributed by atoms with Crippen molar-refractivity contribution in [2.24, 2.45) is 0 Å². The molecule has 0 spiro atoms. The Labute approximate surface area is 361 Å². The fraction of sp³-hybridized carbons (Fsp3) is 0.535.